The summed E-state index contributed by atoms with van der Waals surface area (Å²) in [4.78, 5) is 12.4. The summed E-state index contributed by atoms with van der Waals surface area (Å²) in [6, 6.07) is 13.4. The van der Waals surface area contributed by atoms with E-state index in [-0.39, 0.29) is 5.56 Å². The lowest BCUT2D eigenvalue weighted by Gasteiger charge is -2.08. The second-order valence-electron chi connectivity index (χ2n) is 5.44. The maximum absolute atomic E-state index is 12.4. The molecule has 0 fully saturated rings. The first-order valence-corrected chi connectivity index (χ1v) is 9.95. The van der Waals surface area contributed by atoms with Gasteiger partial charge in [0.25, 0.3) is 15.6 Å². The number of aryl methyl sites for hydroxylation is 2. The van der Waals surface area contributed by atoms with Crippen molar-refractivity contribution in [1.82, 2.24) is 9.78 Å². The van der Waals surface area contributed by atoms with Gasteiger partial charge in [0, 0.05) is 29.2 Å². The van der Waals surface area contributed by atoms with Crippen LogP contribution in [0.5, 0.6) is 0 Å². The highest BCUT2D eigenvalue weighted by Crippen LogP contribution is 2.25. The molecule has 0 aliphatic rings. The van der Waals surface area contributed by atoms with E-state index in [0.717, 1.165) is 16.9 Å². The summed E-state index contributed by atoms with van der Waals surface area (Å²) in [7, 11) is -2.00. The Morgan fingerprint density at radius 1 is 1.08 bits per heavy atom. The summed E-state index contributed by atoms with van der Waals surface area (Å²) in [5.74, 6) is 0. The third-order valence-corrected chi connectivity index (χ3v) is 6.75. The van der Waals surface area contributed by atoms with Crippen molar-refractivity contribution in [3.8, 4) is 11.3 Å². The number of nitrogens with zero attached hydrogens (tertiary/aromatic N) is 2. The summed E-state index contributed by atoms with van der Waals surface area (Å²) in [5, 5.41) is 4.17. The van der Waals surface area contributed by atoms with Crippen LogP contribution in [0.4, 0.5) is 5.69 Å². The molecule has 8 heteroatoms. The van der Waals surface area contributed by atoms with Crippen LogP contribution in [-0.2, 0) is 23.5 Å². The number of nitrogens with one attached hydrogen (secondary N) is 1. The molecule has 1 N–H and O–H groups in total. The highest BCUT2D eigenvalue weighted by atomic mass is 32.2. The van der Waals surface area contributed by atoms with Gasteiger partial charge in [0.05, 0.1) is 5.69 Å². The molecule has 0 saturated heterocycles. The van der Waals surface area contributed by atoms with Crippen LogP contribution in [0.15, 0.2) is 57.5 Å². The maximum Gasteiger partial charge on any atom is 0.271 e. The Balaban J connectivity index is 1.82. The van der Waals surface area contributed by atoms with Crippen molar-refractivity contribution < 1.29 is 8.42 Å². The molecule has 3 rings (SSSR count). The molecule has 6 nitrogen and oxygen atoms in total. The van der Waals surface area contributed by atoms with Crippen LogP contribution in [0.1, 0.15) is 11.8 Å². The molecule has 0 aliphatic heterocycles. The second-order valence-corrected chi connectivity index (χ2v) is 8.52. The zero-order valence-corrected chi connectivity index (χ0v) is 15.4. The Labute approximate surface area is 149 Å². The second kappa shape index (κ2) is 6.81. The number of rotatable bonds is 5. The average molecular weight is 375 g/mol. The molecule has 1 aromatic carbocycles. The molecule has 0 saturated carbocycles. The van der Waals surface area contributed by atoms with Crippen LogP contribution >= 0.6 is 11.3 Å². The van der Waals surface area contributed by atoms with E-state index in [1.165, 1.54) is 22.1 Å². The van der Waals surface area contributed by atoms with E-state index in [2.05, 4.69) is 9.82 Å². The van der Waals surface area contributed by atoms with Gasteiger partial charge in [-0.1, -0.05) is 19.1 Å². The summed E-state index contributed by atoms with van der Waals surface area (Å²) < 4.78 is 29.0. The normalized spacial score (nSPS) is 11.4. The zero-order chi connectivity index (χ0) is 18.0. The molecule has 25 heavy (non-hydrogen) atoms. The van der Waals surface area contributed by atoms with Gasteiger partial charge < -0.3 is 0 Å². The van der Waals surface area contributed by atoms with E-state index < -0.39 is 10.0 Å². The van der Waals surface area contributed by atoms with Gasteiger partial charge in [-0.15, -0.1) is 11.3 Å². The molecule has 3 aromatic rings. The Morgan fingerprint density at radius 3 is 2.40 bits per heavy atom. The minimum absolute atomic E-state index is 0.185. The van der Waals surface area contributed by atoms with Crippen molar-refractivity contribution in [2.75, 3.05) is 4.72 Å². The van der Waals surface area contributed by atoms with Gasteiger partial charge in [-0.2, -0.15) is 5.10 Å². The first-order chi connectivity index (χ1) is 11.9. The molecule has 0 spiro atoms. The lowest BCUT2D eigenvalue weighted by atomic mass is 10.1. The smallest absolute Gasteiger partial charge is 0.271 e. The van der Waals surface area contributed by atoms with Crippen molar-refractivity contribution in [2.24, 2.45) is 7.05 Å². The zero-order valence-electron chi connectivity index (χ0n) is 13.8. The molecule has 0 aliphatic carbocycles. The Kier molecular flexibility index (Phi) is 4.73. The molecule has 0 bridgehead atoms. The molecule has 2 aromatic heterocycles. The van der Waals surface area contributed by atoms with Crippen LogP contribution < -0.4 is 10.3 Å². The maximum atomic E-state index is 12.4. The Morgan fingerprint density at radius 2 is 1.80 bits per heavy atom. The minimum atomic E-state index is -3.58. The highest BCUT2D eigenvalue weighted by molar-refractivity contribution is 7.94. The fraction of sp³-hybridized carbons (Fsp3) is 0.176. The van der Waals surface area contributed by atoms with Gasteiger partial charge in [0.2, 0.25) is 0 Å². The third kappa shape index (κ3) is 3.80. The van der Waals surface area contributed by atoms with Gasteiger partial charge in [-0.25, -0.2) is 13.1 Å². The number of sulfonamides is 1. The van der Waals surface area contributed by atoms with E-state index in [0.29, 0.717) is 15.6 Å². The first-order valence-electron chi connectivity index (χ1n) is 7.65. The molecule has 2 heterocycles. The Hall–Kier alpha value is -2.45. The molecule has 0 atom stereocenters. The van der Waals surface area contributed by atoms with Gasteiger partial charge in [0.1, 0.15) is 4.21 Å². The van der Waals surface area contributed by atoms with E-state index in [1.807, 2.05) is 13.0 Å². The lowest BCUT2D eigenvalue weighted by molar-refractivity contribution is 0.603. The van der Waals surface area contributed by atoms with E-state index in [9.17, 15) is 13.2 Å². The summed E-state index contributed by atoms with van der Waals surface area (Å²) in [6.45, 7) is 1.99. The topological polar surface area (TPSA) is 81.1 Å². The van der Waals surface area contributed by atoms with E-state index in [1.54, 1.807) is 43.4 Å². The largest absolute Gasteiger partial charge is 0.279 e. The summed E-state index contributed by atoms with van der Waals surface area (Å²) in [6.07, 6.45) is 0.807. The molecular weight excluding hydrogens is 358 g/mol. The number of hydrogen-bond acceptors (Lipinski definition) is 5. The van der Waals surface area contributed by atoms with Gasteiger partial charge in [-0.3, -0.25) is 9.52 Å². The minimum Gasteiger partial charge on any atom is -0.279 e. The number of benzene rings is 1. The van der Waals surface area contributed by atoms with Crippen molar-refractivity contribution in [3.63, 3.8) is 0 Å². The molecule has 0 radical (unpaired) electrons. The van der Waals surface area contributed by atoms with Crippen LogP contribution in [-0.4, -0.2) is 18.2 Å². The van der Waals surface area contributed by atoms with Crippen LogP contribution in [0, 0.1) is 0 Å². The fourth-order valence-electron chi connectivity index (χ4n) is 2.26. The monoisotopic (exact) mass is 375 g/mol. The summed E-state index contributed by atoms with van der Waals surface area (Å²) in [5.41, 5.74) is 1.72. The molecular formula is C17H17N3O3S2. The van der Waals surface area contributed by atoms with Gasteiger partial charge in [0.15, 0.2) is 0 Å². The average Bonchev–Trinajstić information content (AvgIpc) is 3.08. The predicted molar refractivity (Wildman–Crippen MR) is 99.4 cm³/mol. The number of aromatic nitrogens is 2. The van der Waals surface area contributed by atoms with Crippen molar-refractivity contribution in [2.45, 2.75) is 17.6 Å². The fourth-order valence-corrected chi connectivity index (χ4v) is 4.62. The summed E-state index contributed by atoms with van der Waals surface area (Å²) >= 11 is 1.27. The van der Waals surface area contributed by atoms with Crippen LogP contribution in [0.3, 0.4) is 0 Å². The van der Waals surface area contributed by atoms with Crippen LogP contribution in [0.25, 0.3) is 11.3 Å². The number of hydrogen-bond donors (Lipinski definition) is 1. The number of thiophene rings is 1. The first kappa shape index (κ1) is 17.4. The van der Waals surface area contributed by atoms with Gasteiger partial charge >= 0.3 is 0 Å². The SMILES string of the molecule is CCc1ccc(S(=O)(=O)Nc2ccc(-c3ccc(=O)n(C)n3)cc2)s1. The quantitative estimate of drug-likeness (QED) is 0.743. The molecule has 130 valence electrons. The Bertz CT molecular complexity index is 1050. The lowest BCUT2D eigenvalue weighted by Crippen LogP contribution is -2.18. The van der Waals surface area contributed by atoms with Crippen molar-refractivity contribution in [3.05, 3.63) is 63.8 Å². The van der Waals surface area contributed by atoms with Gasteiger partial charge in [-0.05, 0) is 36.8 Å². The predicted octanol–water partition coefficient (Wildman–Crippen LogP) is 2.87. The molecule has 0 unspecified atom stereocenters. The third-order valence-electron chi connectivity index (χ3n) is 3.64. The van der Waals surface area contributed by atoms with E-state index >= 15 is 0 Å². The van der Waals surface area contributed by atoms with Crippen molar-refractivity contribution in [1.29, 1.82) is 0 Å². The van der Waals surface area contributed by atoms with E-state index in [4.69, 9.17) is 0 Å². The van der Waals surface area contributed by atoms with Crippen LogP contribution in [0.2, 0.25) is 0 Å². The number of anilines is 1. The standard InChI is InChI=1S/C17H17N3O3S2/c1-3-14-8-11-17(24-14)25(22,23)19-13-6-4-12(5-7-13)15-9-10-16(21)20(2)18-15/h4-11,19H,3H2,1-2H3. The molecule has 0 amide bonds. The van der Waals surface area contributed by atoms with Crippen molar-refractivity contribution >= 4 is 27.0 Å². The highest BCUT2D eigenvalue weighted by Gasteiger charge is 2.16.